The number of methoxy groups -OCH3 is 1. The topological polar surface area (TPSA) is 51.4 Å². The normalized spacial score (nSPS) is 10.4. The Labute approximate surface area is 217 Å². The molecule has 0 radical (unpaired) electrons. The molecule has 0 atom stereocenters. The SMILES string of the molecule is CCCCCCCCCCCCOc1ccc(C(=O)NCc2cc[n+](C)cc2)c(OC)c1.[I-]. The highest BCUT2D eigenvalue weighted by Gasteiger charge is 2.13. The quantitative estimate of drug-likeness (QED) is 0.193. The summed E-state index contributed by atoms with van der Waals surface area (Å²) in [5.74, 6) is 1.11. The lowest BCUT2D eigenvalue weighted by molar-refractivity contribution is -0.671. The largest absolute Gasteiger partial charge is 1.00 e. The molecule has 33 heavy (non-hydrogen) atoms. The molecule has 5 nitrogen and oxygen atoms in total. The van der Waals surface area contributed by atoms with E-state index in [1.54, 1.807) is 19.2 Å². The summed E-state index contributed by atoms with van der Waals surface area (Å²) in [6.07, 6.45) is 17.0. The number of nitrogens with one attached hydrogen (secondary N) is 1. The zero-order valence-electron chi connectivity index (χ0n) is 20.6. The molecule has 0 saturated carbocycles. The molecular weight excluding hydrogens is 527 g/mol. The third-order valence-corrected chi connectivity index (χ3v) is 5.68. The molecule has 0 bridgehead atoms. The van der Waals surface area contributed by atoms with Gasteiger partial charge in [0.05, 0.1) is 19.3 Å². The van der Waals surface area contributed by atoms with Gasteiger partial charge in [0.25, 0.3) is 5.91 Å². The van der Waals surface area contributed by atoms with Crippen molar-refractivity contribution in [1.82, 2.24) is 5.32 Å². The highest BCUT2D eigenvalue weighted by molar-refractivity contribution is 5.97. The molecule has 1 aromatic carbocycles. The maximum absolute atomic E-state index is 12.6. The Morgan fingerprint density at radius 2 is 1.52 bits per heavy atom. The Morgan fingerprint density at radius 3 is 2.12 bits per heavy atom. The average Bonchev–Trinajstić information content (AvgIpc) is 2.81. The van der Waals surface area contributed by atoms with E-state index in [2.05, 4.69) is 12.2 Å². The van der Waals surface area contributed by atoms with Crippen molar-refractivity contribution >= 4 is 5.91 Å². The van der Waals surface area contributed by atoms with E-state index < -0.39 is 0 Å². The Morgan fingerprint density at radius 1 is 0.909 bits per heavy atom. The molecule has 0 unspecified atom stereocenters. The van der Waals surface area contributed by atoms with Gasteiger partial charge in [0.1, 0.15) is 18.5 Å². The zero-order valence-corrected chi connectivity index (χ0v) is 22.7. The van der Waals surface area contributed by atoms with E-state index in [1.807, 2.05) is 42.2 Å². The number of hydrogen-bond acceptors (Lipinski definition) is 3. The summed E-state index contributed by atoms with van der Waals surface area (Å²) in [5, 5.41) is 2.95. The fourth-order valence-electron chi connectivity index (χ4n) is 3.66. The first-order valence-electron chi connectivity index (χ1n) is 12.2. The van der Waals surface area contributed by atoms with Crippen molar-refractivity contribution in [2.75, 3.05) is 13.7 Å². The molecular formula is C27H41IN2O3. The van der Waals surface area contributed by atoms with Gasteiger partial charge >= 0.3 is 0 Å². The van der Waals surface area contributed by atoms with Gasteiger partial charge in [0.15, 0.2) is 12.4 Å². The lowest BCUT2D eigenvalue weighted by atomic mass is 10.1. The Kier molecular flexibility index (Phi) is 15.6. The van der Waals surface area contributed by atoms with Gasteiger partial charge in [0.2, 0.25) is 0 Å². The van der Waals surface area contributed by atoms with E-state index >= 15 is 0 Å². The summed E-state index contributed by atoms with van der Waals surface area (Å²) in [6.45, 7) is 3.42. The summed E-state index contributed by atoms with van der Waals surface area (Å²) in [7, 11) is 3.54. The second kappa shape index (κ2) is 17.6. The van der Waals surface area contributed by atoms with Gasteiger partial charge in [-0.05, 0) is 24.1 Å². The van der Waals surface area contributed by atoms with Gasteiger partial charge in [-0.1, -0.05) is 64.7 Å². The summed E-state index contributed by atoms with van der Waals surface area (Å²) in [5.41, 5.74) is 1.56. The molecule has 0 aliphatic heterocycles. The second-order valence-electron chi connectivity index (χ2n) is 8.45. The van der Waals surface area contributed by atoms with Crippen LogP contribution in [0, 0.1) is 0 Å². The van der Waals surface area contributed by atoms with Crippen molar-refractivity contribution < 1.29 is 42.8 Å². The van der Waals surface area contributed by atoms with E-state index in [-0.39, 0.29) is 29.9 Å². The number of halogens is 1. The van der Waals surface area contributed by atoms with Crippen LogP contribution in [0.3, 0.4) is 0 Å². The number of aryl methyl sites for hydroxylation is 1. The smallest absolute Gasteiger partial charge is 0.255 e. The van der Waals surface area contributed by atoms with Crippen molar-refractivity contribution in [3.63, 3.8) is 0 Å². The van der Waals surface area contributed by atoms with Crippen LogP contribution in [0.1, 0.15) is 87.1 Å². The fourth-order valence-corrected chi connectivity index (χ4v) is 3.66. The van der Waals surface area contributed by atoms with Crippen LogP contribution in [0.15, 0.2) is 42.7 Å². The van der Waals surface area contributed by atoms with E-state index in [4.69, 9.17) is 9.47 Å². The van der Waals surface area contributed by atoms with Crippen LogP contribution >= 0.6 is 0 Å². The maximum atomic E-state index is 12.6. The number of aromatic nitrogens is 1. The van der Waals surface area contributed by atoms with Crippen molar-refractivity contribution in [2.24, 2.45) is 7.05 Å². The number of amides is 1. The first-order valence-corrected chi connectivity index (χ1v) is 12.2. The van der Waals surface area contributed by atoms with Crippen LogP contribution in [-0.2, 0) is 13.6 Å². The molecule has 2 rings (SSSR count). The molecule has 1 heterocycles. The minimum atomic E-state index is -0.156. The van der Waals surface area contributed by atoms with Crippen LogP contribution in [0.2, 0.25) is 0 Å². The van der Waals surface area contributed by atoms with Gasteiger partial charge in [-0.25, -0.2) is 4.57 Å². The van der Waals surface area contributed by atoms with Crippen LogP contribution in [0.4, 0.5) is 0 Å². The highest BCUT2D eigenvalue weighted by atomic mass is 127. The summed E-state index contributed by atoms with van der Waals surface area (Å²) < 4.78 is 13.3. The molecule has 6 heteroatoms. The van der Waals surface area contributed by atoms with Crippen LogP contribution in [0.25, 0.3) is 0 Å². The average molecular weight is 569 g/mol. The lowest BCUT2D eigenvalue weighted by Gasteiger charge is -2.12. The summed E-state index contributed by atoms with van der Waals surface area (Å²) in [4.78, 5) is 12.6. The van der Waals surface area contributed by atoms with E-state index in [0.717, 1.165) is 17.7 Å². The number of pyridine rings is 1. The van der Waals surface area contributed by atoms with Crippen molar-refractivity contribution in [3.05, 3.63) is 53.9 Å². The third kappa shape index (κ3) is 11.7. The number of ether oxygens (including phenoxy) is 2. The summed E-state index contributed by atoms with van der Waals surface area (Å²) >= 11 is 0. The molecule has 0 spiro atoms. The lowest BCUT2D eigenvalue weighted by Crippen LogP contribution is -3.00. The fraction of sp³-hybridized carbons (Fsp3) is 0.556. The molecule has 1 amide bonds. The molecule has 0 aliphatic carbocycles. The number of nitrogens with zero attached hydrogens (tertiary/aromatic N) is 1. The van der Waals surface area contributed by atoms with Crippen molar-refractivity contribution in [1.29, 1.82) is 0 Å². The number of rotatable bonds is 16. The monoisotopic (exact) mass is 568 g/mol. The number of hydrogen-bond donors (Lipinski definition) is 1. The molecule has 0 fully saturated rings. The van der Waals surface area contributed by atoms with Crippen LogP contribution in [0.5, 0.6) is 11.5 Å². The maximum Gasteiger partial charge on any atom is 0.255 e. The van der Waals surface area contributed by atoms with Crippen LogP contribution in [-0.4, -0.2) is 19.6 Å². The predicted molar refractivity (Wildman–Crippen MR) is 129 cm³/mol. The number of benzene rings is 1. The summed E-state index contributed by atoms with van der Waals surface area (Å²) in [6, 6.07) is 9.39. The number of unbranched alkanes of at least 4 members (excludes halogenated alkanes) is 9. The van der Waals surface area contributed by atoms with E-state index in [0.29, 0.717) is 24.5 Å². The first-order chi connectivity index (χ1) is 15.6. The highest BCUT2D eigenvalue weighted by Crippen LogP contribution is 2.25. The first kappa shape index (κ1) is 29.2. The van der Waals surface area contributed by atoms with Gasteiger partial charge in [0, 0.05) is 24.7 Å². The van der Waals surface area contributed by atoms with E-state index in [9.17, 15) is 4.79 Å². The van der Waals surface area contributed by atoms with Crippen molar-refractivity contribution in [3.8, 4) is 11.5 Å². The minimum Gasteiger partial charge on any atom is -1.00 e. The number of carbonyl (C=O) groups is 1. The van der Waals surface area contributed by atoms with Gasteiger partial charge in [-0.3, -0.25) is 4.79 Å². The zero-order chi connectivity index (χ0) is 23.0. The standard InChI is InChI=1S/C27H40N2O3.HI/c1-4-5-6-7-8-9-10-11-12-13-20-32-24-14-15-25(26(21-24)31-3)27(30)28-22-23-16-18-29(2)19-17-23;/h14-19,21H,4-13,20,22H2,1-3H3;1H. The number of carbonyl (C=O) groups excluding carboxylic acids is 1. The van der Waals surface area contributed by atoms with E-state index in [1.165, 1.54) is 57.8 Å². The Balaban J connectivity index is 0.00000544. The van der Waals surface area contributed by atoms with Gasteiger partial charge in [-0.2, -0.15) is 0 Å². The molecule has 1 aromatic heterocycles. The predicted octanol–water partition coefficient (Wildman–Crippen LogP) is 2.75. The molecule has 1 N–H and O–H groups in total. The van der Waals surface area contributed by atoms with Gasteiger partial charge in [-0.15, -0.1) is 0 Å². The Bertz CT molecular complexity index is 796. The minimum absolute atomic E-state index is 0. The molecule has 184 valence electrons. The molecule has 0 saturated heterocycles. The third-order valence-electron chi connectivity index (χ3n) is 5.68. The van der Waals surface area contributed by atoms with Gasteiger partial charge < -0.3 is 38.8 Å². The molecule has 2 aromatic rings. The molecule has 0 aliphatic rings. The second-order valence-corrected chi connectivity index (χ2v) is 8.45. The van der Waals surface area contributed by atoms with Crippen LogP contribution < -0.4 is 43.3 Å². The van der Waals surface area contributed by atoms with Crippen molar-refractivity contribution in [2.45, 2.75) is 77.7 Å². The Hall–Kier alpha value is -1.83.